The van der Waals surface area contributed by atoms with E-state index in [0.717, 1.165) is 0 Å². The highest BCUT2D eigenvalue weighted by molar-refractivity contribution is 5.87. The van der Waals surface area contributed by atoms with E-state index in [1.807, 2.05) is 0 Å². The lowest BCUT2D eigenvalue weighted by molar-refractivity contribution is -0.512. The molecule has 0 bridgehead atoms. The molecule has 8 heteroatoms. The molecule has 0 N–H and O–H groups in total. The van der Waals surface area contributed by atoms with Crippen molar-refractivity contribution in [3.05, 3.63) is 52.1 Å². The van der Waals surface area contributed by atoms with Gasteiger partial charge in [-0.25, -0.2) is 9.59 Å². The molecule has 0 fully saturated rings. The zero-order valence-corrected chi connectivity index (χ0v) is 11.7. The van der Waals surface area contributed by atoms with Crippen LogP contribution in [0.2, 0.25) is 0 Å². The smallest absolute Gasteiger partial charge is 0.390 e. The van der Waals surface area contributed by atoms with E-state index in [4.69, 9.17) is 4.74 Å². The number of aldehydes is 1. The first-order valence-corrected chi connectivity index (χ1v) is 6.08. The van der Waals surface area contributed by atoms with Crippen LogP contribution in [-0.2, 0) is 14.3 Å². The van der Waals surface area contributed by atoms with E-state index in [2.05, 4.69) is 11.3 Å². The van der Waals surface area contributed by atoms with Crippen molar-refractivity contribution < 1.29 is 28.8 Å². The molecule has 1 atom stereocenters. The SMILES string of the molecule is C=C(C)C(=O)OCC(C(=O)Oc1ccc(C=O)cc1)[N+](=O)[O-]. The number of nitro groups is 1. The highest BCUT2D eigenvalue weighted by Crippen LogP contribution is 2.12. The number of carbonyl (C=O) groups is 3. The van der Waals surface area contributed by atoms with E-state index < -0.39 is 29.5 Å². The normalized spacial score (nSPS) is 11.1. The summed E-state index contributed by atoms with van der Waals surface area (Å²) in [4.78, 5) is 43.4. The Morgan fingerprint density at radius 2 is 1.95 bits per heavy atom. The minimum Gasteiger partial charge on any atom is -0.454 e. The number of benzene rings is 1. The molecule has 1 aromatic rings. The molecule has 116 valence electrons. The van der Waals surface area contributed by atoms with E-state index in [0.29, 0.717) is 11.8 Å². The van der Waals surface area contributed by atoms with E-state index in [-0.39, 0.29) is 11.3 Å². The van der Waals surface area contributed by atoms with Crippen LogP contribution in [0.4, 0.5) is 0 Å². The molecule has 0 aliphatic rings. The predicted octanol–water partition coefficient (Wildman–Crippen LogP) is 1.17. The Morgan fingerprint density at radius 3 is 2.41 bits per heavy atom. The van der Waals surface area contributed by atoms with Crippen molar-refractivity contribution in [3.8, 4) is 5.75 Å². The summed E-state index contributed by atoms with van der Waals surface area (Å²) in [6, 6.07) is 3.56. The highest BCUT2D eigenvalue weighted by atomic mass is 16.6. The summed E-state index contributed by atoms with van der Waals surface area (Å²) in [7, 11) is 0. The van der Waals surface area contributed by atoms with Crippen LogP contribution in [0, 0.1) is 10.1 Å². The Morgan fingerprint density at radius 1 is 1.36 bits per heavy atom. The van der Waals surface area contributed by atoms with Crippen LogP contribution in [0.25, 0.3) is 0 Å². The van der Waals surface area contributed by atoms with Crippen molar-refractivity contribution in [2.24, 2.45) is 0 Å². The van der Waals surface area contributed by atoms with Crippen LogP contribution in [0.15, 0.2) is 36.4 Å². The molecule has 1 aromatic carbocycles. The van der Waals surface area contributed by atoms with Crippen molar-refractivity contribution in [2.45, 2.75) is 13.0 Å². The monoisotopic (exact) mass is 307 g/mol. The van der Waals surface area contributed by atoms with E-state index in [9.17, 15) is 24.5 Å². The summed E-state index contributed by atoms with van der Waals surface area (Å²) in [6.45, 7) is 3.93. The van der Waals surface area contributed by atoms with Crippen molar-refractivity contribution in [1.82, 2.24) is 0 Å². The zero-order chi connectivity index (χ0) is 16.7. The summed E-state index contributed by atoms with van der Waals surface area (Å²) >= 11 is 0. The van der Waals surface area contributed by atoms with Gasteiger partial charge in [-0.2, -0.15) is 0 Å². The van der Waals surface area contributed by atoms with Crippen LogP contribution in [0.5, 0.6) is 5.75 Å². The van der Waals surface area contributed by atoms with Gasteiger partial charge in [-0.1, -0.05) is 6.58 Å². The maximum absolute atomic E-state index is 11.7. The lowest BCUT2D eigenvalue weighted by Gasteiger charge is -2.10. The lowest BCUT2D eigenvalue weighted by atomic mass is 10.2. The van der Waals surface area contributed by atoms with Crippen LogP contribution < -0.4 is 4.74 Å². The average molecular weight is 307 g/mol. The maximum atomic E-state index is 11.7. The van der Waals surface area contributed by atoms with Crippen molar-refractivity contribution >= 4 is 18.2 Å². The molecule has 1 unspecified atom stereocenters. The molecule has 0 saturated carbocycles. The minimum absolute atomic E-state index is 0.0358. The Bertz CT molecular complexity index is 606. The predicted molar refractivity (Wildman–Crippen MR) is 74.0 cm³/mol. The minimum atomic E-state index is -1.85. The zero-order valence-electron chi connectivity index (χ0n) is 11.7. The highest BCUT2D eigenvalue weighted by Gasteiger charge is 2.33. The second-order valence-corrected chi connectivity index (χ2v) is 4.29. The first kappa shape index (κ1) is 17.0. The molecule has 0 spiro atoms. The van der Waals surface area contributed by atoms with Gasteiger partial charge in [0.1, 0.15) is 12.0 Å². The number of carbonyl (C=O) groups excluding carboxylic acids is 3. The van der Waals surface area contributed by atoms with Gasteiger partial charge in [0.15, 0.2) is 6.61 Å². The molecule has 0 aromatic heterocycles. The third-order valence-corrected chi connectivity index (χ3v) is 2.48. The summed E-state index contributed by atoms with van der Waals surface area (Å²) in [6.07, 6.45) is 0.600. The Labute approximate surface area is 125 Å². The fraction of sp³-hybridized carbons (Fsp3) is 0.214. The van der Waals surface area contributed by atoms with Crippen molar-refractivity contribution in [3.63, 3.8) is 0 Å². The van der Waals surface area contributed by atoms with Gasteiger partial charge in [-0.05, 0) is 31.2 Å². The van der Waals surface area contributed by atoms with Gasteiger partial charge in [0.2, 0.25) is 0 Å². The van der Waals surface area contributed by atoms with Gasteiger partial charge < -0.3 is 9.47 Å². The van der Waals surface area contributed by atoms with Gasteiger partial charge in [-0.15, -0.1) is 0 Å². The van der Waals surface area contributed by atoms with Crippen molar-refractivity contribution in [2.75, 3.05) is 6.61 Å². The van der Waals surface area contributed by atoms with Gasteiger partial charge in [0.05, 0.1) is 0 Å². The number of ether oxygens (including phenoxy) is 2. The molecule has 8 nitrogen and oxygen atoms in total. The molecule has 0 aliphatic heterocycles. The van der Waals surface area contributed by atoms with Crippen LogP contribution in [-0.4, -0.2) is 35.8 Å². The molecule has 1 rings (SSSR count). The number of hydrogen-bond donors (Lipinski definition) is 0. The van der Waals surface area contributed by atoms with Crippen molar-refractivity contribution in [1.29, 1.82) is 0 Å². The molecule has 22 heavy (non-hydrogen) atoms. The van der Waals surface area contributed by atoms with Crippen LogP contribution in [0.3, 0.4) is 0 Å². The third-order valence-electron chi connectivity index (χ3n) is 2.48. The van der Waals surface area contributed by atoms with Gasteiger partial charge in [0, 0.05) is 16.1 Å². The Hall–Kier alpha value is -3.03. The van der Waals surface area contributed by atoms with Crippen LogP contribution in [0.1, 0.15) is 17.3 Å². The lowest BCUT2D eigenvalue weighted by Crippen LogP contribution is -2.38. The third kappa shape index (κ3) is 4.82. The van der Waals surface area contributed by atoms with Gasteiger partial charge >= 0.3 is 18.0 Å². The standard InChI is InChI=1S/C14H13NO7/c1-9(2)13(17)21-8-12(15(19)20)14(18)22-11-5-3-10(7-16)4-6-11/h3-7,12H,1,8H2,2H3. The first-order chi connectivity index (χ1) is 10.3. The van der Waals surface area contributed by atoms with Crippen LogP contribution >= 0.6 is 0 Å². The molecule has 0 amide bonds. The largest absolute Gasteiger partial charge is 0.454 e. The molecular formula is C14H13NO7. The number of rotatable bonds is 7. The fourth-order valence-corrected chi connectivity index (χ4v) is 1.29. The summed E-state index contributed by atoms with van der Waals surface area (Å²) in [5.74, 6) is -1.98. The quantitative estimate of drug-likeness (QED) is 0.185. The van der Waals surface area contributed by atoms with E-state index in [1.54, 1.807) is 0 Å². The number of hydrogen-bond acceptors (Lipinski definition) is 7. The van der Waals surface area contributed by atoms with E-state index >= 15 is 0 Å². The summed E-state index contributed by atoms with van der Waals surface area (Å²) in [5.41, 5.74) is 0.418. The maximum Gasteiger partial charge on any atom is 0.390 e. The molecule has 0 radical (unpaired) electrons. The second kappa shape index (κ2) is 7.67. The molecule has 0 aliphatic carbocycles. The first-order valence-electron chi connectivity index (χ1n) is 6.08. The molecular weight excluding hydrogens is 294 g/mol. The van der Waals surface area contributed by atoms with Gasteiger partial charge in [0.25, 0.3) is 0 Å². The number of nitrogens with zero attached hydrogens (tertiary/aromatic N) is 1. The topological polar surface area (TPSA) is 113 Å². The summed E-state index contributed by atoms with van der Waals surface area (Å²) < 4.78 is 9.41. The average Bonchev–Trinajstić information content (AvgIpc) is 2.47. The fourth-order valence-electron chi connectivity index (χ4n) is 1.29. The number of esters is 2. The molecule has 0 saturated heterocycles. The second-order valence-electron chi connectivity index (χ2n) is 4.29. The molecule has 0 heterocycles. The van der Waals surface area contributed by atoms with Gasteiger partial charge in [-0.3, -0.25) is 14.9 Å². The van der Waals surface area contributed by atoms with E-state index in [1.165, 1.54) is 31.2 Å². The summed E-state index contributed by atoms with van der Waals surface area (Å²) in [5, 5.41) is 10.9. The Balaban J connectivity index is 2.71. The Kier molecular flexibility index (Phi) is 5.94.